The summed E-state index contributed by atoms with van der Waals surface area (Å²) in [5.41, 5.74) is 4.40. The van der Waals surface area contributed by atoms with Crippen molar-refractivity contribution < 1.29 is 0 Å². The fourth-order valence-electron chi connectivity index (χ4n) is 4.10. The van der Waals surface area contributed by atoms with E-state index in [-0.39, 0.29) is 0 Å². The molecule has 0 amide bonds. The van der Waals surface area contributed by atoms with Crippen molar-refractivity contribution in [3.8, 4) is 0 Å². The lowest BCUT2D eigenvalue weighted by Gasteiger charge is -2.21. The summed E-state index contributed by atoms with van der Waals surface area (Å²) in [6.45, 7) is 9.63. The molecule has 0 atom stereocenters. The van der Waals surface area contributed by atoms with Gasteiger partial charge in [-0.25, -0.2) is 0 Å². The second-order valence-corrected chi connectivity index (χ2v) is 12.5. The Morgan fingerprint density at radius 2 is 1.64 bits per heavy atom. The Bertz CT molecular complexity index is 979. The Labute approximate surface area is 133 Å². The molecule has 0 aromatic heterocycles. The van der Waals surface area contributed by atoms with Gasteiger partial charge in [0, 0.05) is 0 Å². The number of allylic oxidation sites excluding steroid dienone is 3. The Kier molecular flexibility index (Phi) is 2.86. The van der Waals surface area contributed by atoms with Crippen LogP contribution in [0.4, 0.5) is 0 Å². The van der Waals surface area contributed by atoms with Crippen LogP contribution in [0.1, 0.15) is 18.1 Å². The van der Waals surface area contributed by atoms with E-state index in [0.29, 0.717) is 0 Å². The van der Waals surface area contributed by atoms with Gasteiger partial charge in [-0.15, -0.1) is 0 Å². The van der Waals surface area contributed by atoms with E-state index in [1.165, 1.54) is 37.9 Å². The topological polar surface area (TPSA) is 0 Å². The lowest BCUT2D eigenvalue weighted by molar-refractivity contribution is 1.24. The quantitative estimate of drug-likeness (QED) is 0.693. The maximum Gasteiger partial charge on any atom is 0.0787 e. The van der Waals surface area contributed by atoms with E-state index in [1.807, 2.05) is 0 Å². The third-order valence-electron chi connectivity index (χ3n) is 4.89. The van der Waals surface area contributed by atoms with Crippen LogP contribution in [0.15, 0.2) is 42.0 Å². The molecule has 0 unspecified atom stereocenters. The van der Waals surface area contributed by atoms with Crippen LogP contribution in [-0.2, 0) is 6.42 Å². The lowest BCUT2D eigenvalue weighted by atomic mass is 9.96. The highest BCUT2D eigenvalue weighted by Crippen LogP contribution is 2.32. The van der Waals surface area contributed by atoms with Crippen LogP contribution in [0.3, 0.4) is 0 Å². The Balaban J connectivity index is 2.09. The van der Waals surface area contributed by atoms with Crippen LogP contribution in [0.25, 0.3) is 28.1 Å². The lowest BCUT2D eigenvalue weighted by Crippen LogP contribution is -2.25. The molecular formula is C21H22Si. The molecule has 0 N–H and O–H groups in total. The number of rotatable bonds is 1. The van der Waals surface area contributed by atoms with E-state index in [9.17, 15) is 0 Å². The zero-order chi connectivity index (χ0) is 15.5. The van der Waals surface area contributed by atoms with Crippen molar-refractivity contribution in [2.24, 2.45) is 0 Å². The van der Waals surface area contributed by atoms with Crippen LogP contribution in [0.5, 0.6) is 0 Å². The van der Waals surface area contributed by atoms with Gasteiger partial charge in [0.15, 0.2) is 0 Å². The zero-order valence-corrected chi connectivity index (χ0v) is 14.8. The molecule has 2 aliphatic rings. The summed E-state index contributed by atoms with van der Waals surface area (Å²) in [6, 6.07) is 9.35. The predicted octanol–water partition coefficient (Wildman–Crippen LogP) is 4.18. The number of fused-ring (bicyclic) bond motifs is 5. The molecule has 1 heteroatoms. The highest BCUT2D eigenvalue weighted by atomic mass is 28.3. The van der Waals surface area contributed by atoms with Gasteiger partial charge in [-0.3, -0.25) is 0 Å². The standard InChI is InChI=1S/C21H22Si/c1-14-13-20-18-10-9-15-7-5-6-8-16(15)17(18)11-12-19(20)21(14)22(2,3)4/h5-6,8-13H,7H2,1-4H3. The summed E-state index contributed by atoms with van der Waals surface area (Å²) < 4.78 is 0. The highest BCUT2D eigenvalue weighted by molar-refractivity contribution is 6.94. The largest absolute Gasteiger partial charge is 0.0801 e. The van der Waals surface area contributed by atoms with Gasteiger partial charge in [-0.1, -0.05) is 73.8 Å². The Morgan fingerprint density at radius 3 is 2.41 bits per heavy atom. The summed E-state index contributed by atoms with van der Waals surface area (Å²) >= 11 is 0. The van der Waals surface area contributed by atoms with E-state index in [1.54, 1.807) is 5.20 Å². The maximum absolute atomic E-state index is 2.45. The minimum atomic E-state index is -1.32. The Hall–Kier alpha value is -1.86. The van der Waals surface area contributed by atoms with Gasteiger partial charge in [0.05, 0.1) is 8.07 Å². The first kappa shape index (κ1) is 13.8. The minimum absolute atomic E-state index is 1.06. The monoisotopic (exact) mass is 302 g/mol. The van der Waals surface area contributed by atoms with Crippen molar-refractivity contribution in [2.75, 3.05) is 0 Å². The van der Waals surface area contributed by atoms with Gasteiger partial charge in [-0.2, -0.15) is 0 Å². The SMILES string of the molecule is CC1=C([Si](C)(C)C)c2ccc3c4c(ccc3c2=C1)CC=CC=4. The van der Waals surface area contributed by atoms with E-state index < -0.39 is 8.07 Å². The summed E-state index contributed by atoms with van der Waals surface area (Å²) in [7, 11) is -1.32. The first-order valence-electron chi connectivity index (χ1n) is 8.12. The molecule has 22 heavy (non-hydrogen) atoms. The van der Waals surface area contributed by atoms with E-state index in [0.717, 1.165) is 6.42 Å². The molecule has 0 heterocycles. The van der Waals surface area contributed by atoms with Crippen molar-refractivity contribution in [2.45, 2.75) is 33.0 Å². The molecule has 0 aliphatic heterocycles. The molecule has 2 aromatic carbocycles. The van der Waals surface area contributed by atoms with Gasteiger partial charge in [0.2, 0.25) is 0 Å². The normalized spacial score (nSPS) is 16.4. The maximum atomic E-state index is 2.45. The van der Waals surface area contributed by atoms with Gasteiger partial charge < -0.3 is 0 Å². The molecule has 2 aliphatic carbocycles. The minimum Gasteiger partial charge on any atom is -0.0801 e. The van der Waals surface area contributed by atoms with Gasteiger partial charge in [0.25, 0.3) is 0 Å². The van der Waals surface area contributed by atoms with Gasteiger partial charge in [0.1, 0.15) is 0 Å². The average molecular weight is 302 g/mol. The predicted molar refractivity (Wildman–Crippen MR) is 101 cm³/mol. The average Bonchev–Trinajstić information content (AvgIpc) is 2.83. The second kappa shape index (κ2) is 4.56. The highest BCUT2D eigenvalue weighted by Gasteiger charge is 2.27. The number of hydrogen-bond donors (Lipinski definition) is 0. The molecule has 0 saturated heterocycles. The van der Waals surface area contributed by atoms with Crippen LogP contribution >= 0.6 is 0 Å². The van der Waals surface area contributed by atoms with E-state index in [4.69, 9.17) is 0 Å². The second-order valence-electron chi connectivity index (χ2n) is 7.51. The summed E-state index contributed by atoms with van der Waals surface area (Å²) in [6.07, 6.45) is 10.2. The Morgan fingerprint density at radius 1 is 0.909 bits per heavy atom. The van der Waals surface area contributed by atoms with Gasteiger partial charge in [-0.05, 0) is 50.9 Å². The van der Waals surface area contributed by atoms with Crippen molar-refractivity contribution >= 4 is 36.2 Å². The van der Waals surface area contributed by atoms with E-state index in [2.05, 4.69) is 75.1 Å². The molecule has 0 fully saturated rings. The molecule has 0 saturated carbocycles. The number of hydrogen-bond acceptors (Lipinski definition) is 0. The van der Waals surface area contributed by atoms with Crippen LogP contribution in [0, 0.1) is 0 Å². The molecule has 0 radical (unpaired) electrons. The fourth-order valence-corrected chi connectivity index (χ4v) is 6.38. The van der Waals surface area contributed by atoms with Crippen molar-refractivity contribution in [3.63, 3.8) is 0 Å². The van der Waals surface area contributed by atoms with E-state index >= 15 is 0 Å². The zero-order valence-electron chi connectivity index (χ0n) is 13.8. The van der Waals surface area contributed by atoms with Gasteiger partial charge >= 0.3 is 0 Å². The van der Waals surface area contributed by atoms with Crippen LogP contribution in [0.2, 0.25) is 19.6 Å². The fraction of sp³-hybridized carbons (Fsp3) is 0.238. The number of benzene rings is 2. The summed E-state index contributed by atoms with van der Waals surface area (Å²) in [5.74, 6) is 0. The third-order valence-corrected chi connectivity index (χ3v) is 7.05. The molecule has 0 bridgehead atoms. The molecule has 0 nitrogen and oxygen atoms in total. The van der Waals surface area contributed by atoms with Crippen LogP contribution < -0.4 is 10.4 Å². The molecular weight excluding hydrogens is 280 g/mol. The summed E-state index contributed by atoms with van der Waals surface area (Å²) in [5, 5.41) is 7.30. The van der Waals surface area contributed by atoms with Crippen LogP contribution in [-0.4, -0.2) is 8.07 Å². The summed E-state index contributed by atoms with van der Waals surface area (Å²) in [4.78, 5) is 0. The molecule has 2 aromatic rings. The first-order valence-corrected chi connectivity index (χ1v) is 11.6. The first-order chi connectivity index (χ1) is 10.5. The molecule has 110 valence electrons. The third kappa shape index (κ3) is 1.89. The molecule has 4 rings (SSSR count). The van der Waals surface area contributed by atoms with Crippen molar-refractivity contribution in [1.82, 2.24) is 0 Å². The van der Waals surface area contributed by atoms with Crippen molar-refractivity contribution in [1.29, 1.82) is 0 Å². The van der Waals surface area contributed by atoms with Crippen molar-refractivity contribution in [3.05, 3.63) is 63.6 Å². The molecule has 0 spiro atoms. The smallest absolute Gasteiger partial charge is 0.0787 e.